The number of nitrogens with zero attached hydrogens (tertiary/aromatic N) is 2. The van der Waals surface area contributed by atoms with Crippen LogP contribution in [0.1, 0.15) is 97.8 Å². The number of unbranched alkanes of at least 4 members (excludes halogenated alkanes) is 10. The van der Waals surface area contributed by atoms with Crippen molar-refractivity contribution in [2.24, 2.45) is 0 Å². The van der Waals surface area contributed by atoms with Gasteiger partial charge in [0, 0.05) is 25.5 Å². The molecule has 0 aromatic heterocycles. The highest BCUT2D eigenvalue weighted by atomic mass is 15.4. The lowest BCUT2D eigenvalue weighted by Gasteiger charge is -2.30. The van der Waals surface area contributed by atoms with E-state index in [1.807, 2.05) is 0 Å². The quantitative estimate of drug-likeness (QED) is 0.355. The van der Waals surface area contributed by atoms with E-state index in [4.69, 9.17) is 0 Å². The van der Waals surface area contributed by atoms with Crippen LogP contribution < -0.4 is 0 Å². The molecule has 0 N–H and O–H groups in total. The predicted molar refractivity (Wildman–Crippen MR) is 98.8 cm³/mol. The van der Waals surface area contributed by atoms with Gasteiger partial charge in [-0.2, -0.15) is 0 Å². The highest BCUT2D eigenvalue weighted by Gasteiger charge is 2.20. The molecule has 130 valence electrons. The molecule has 0 bridgehead atoms. The van der Waals surface area contributed by atoms with Crippen molar-refractivity contribution in [3.05, 3.63) is 12.4 Å². The monoisotopic (exact) mass is 308 g/mol. The summed E-state index contributed by atoms with van der Waals surface area (Å²) in [7, 11) is 0. The molecule has 22 heavy (non-hydrogen) atoms. The van der Waals surface area contributed by atoms with Crippen molar-refractivity contribution < 1.29 is 0 Å². The SMILES string of the molecule is CCCCCCCCCN1C=CN(CCCCCCC)C1C. The molecule has 0 aromatic rings. The van der Waals surface area contributed by atoms with Gasteiger partial charge in [-0.25, -0.2) is 0 Å². The first-order valence-electron chi connectivity index (χ1n) is 9.99. The zero-order valence-corrected chi connectivity index (χ0v) is 15.5. The Hall–Kier alpha value is -0.660. The van der Waals surface area contributed by atoms with Crippen LogP contribution in [0.3, 0.4) is 0 Å². The Morgan fingerprint density at radius 3 is 1.36 bits per heavy atom. The minimum atomic E-state index is 0.575. The van der Waals surface area contributed by atoms with Gasteiger partial charge in [0.25, 0.3) is 0 Å². The Labute approximate surface area is 139 Å². The first-order valence-corrected chi connectivity index (χ1v) is 9.99. The summed E-state index contributed by atoms with van der Waals surface area (Å²) in [4.78, 5) is 5.05. The van der Waals surface area contributed by atoms with Gasteiger partial charge in [0.2, 0.25) is 0 Å². The predicted octanol–water partition coefficient (Wildman–Crippen LogP) is 6.14. The lowest BCUT2D eigenvalue weighted by atomic mass is 10.1. The van der Waals surface area contributed by atoms with Crippen LogP contribution in [0.15, 0.2) is 12.4 Å². The van der Waals surface area contributed by atoms with Crippen LogP contribution in [0.25, 0.3) is 0 Å². The van der Waals surface area contributed by atoms with Crippen molar-refractivity contribution in [1.82, 2.24) is 9.80 Å². The van der Waals surface area contributed by atoms with Crippen LogP contribution in [0, 0.1) is 0 Å². The van der Waals surface area contributed by atoms with Gasteiger partial charge in [-0.15, -0.1) is 0 Å². The highest BCUT2D eigenvalue weighted by molar-refractivity contribution is 4.95. The molecule has 1 heterocycles. The smallest absolute Gasteiger partial charge is 0.0977 e. The molecule has 2 nitrogen and oxygen atoms in total. The van der Waals surface area contributed by atoms with E-state index in [1.165, 1.54) is 90.1 Å². The largest absolute Gasteiger partial charge is 0.356 e. The molecule has 1 aliphatic heterocycles. The molecular formula is C20H40N2. The minimum absolute atomic E-state index is 0.575. The molecule has 1 aliphatic rings. The molecule has 2 heteroatoms. The molecular weight excluding hydrogens is 268 g/mol. The zero-order valence-electron chi connectivity index (χ0n) is 15.5. The van der Waals surface area contributed by atoms with Gasteiger partial charge < -0.3 is 9.80 Å². The maximum Gasteiger partial charge on any atom is 0.0977 e. The van der Waals surface area contributed by atoms with Crippen LogP contribution in [-0.4, -0.2) is 29.1 Å². The Bertz CT molecular complexity index is 275. The fourth-order valence-electron chi connectivity index (χ4n) is 3.28. The molecule has 0 spiro atoms. The average Bonchev–Trinajstić information content (AvgIpc) is 2.87. The maximum atomic E-state index is 2.53. The Balaban J connectivity index is 2.01. The summed E-state index contributed by atoms with van der Waals surface area (Å²) in [6.45, 7) is 9.39. The fraction of sp³-hybridized carbons (Fsp3) is 0.900. The van der Waals surface area contributed by atoms with E-state index in [0.717, 1.165) is 0 Å². The molecule has 0 saturated heterocycles. The van der Waals surface area contributed by atoms with Crippen LogP contribution in [0.5, 0.6) is 0 Å². The summed E-state index contributed by atoms with van der Waals surface area (Å²) in [5, 5.41) is 0. The molecule has 1 unspecified atom stereocenters. The molecule has 0 saturated carbocycles. The van der Waals surface area contributed by atoms with E-state index in [0.29, 0.717) is 6.17 Å². The van der Waals surface area contributed by atoms with Crippen molar-refractivity contribution in [3.8, 4) is 0 Å². The van der Waals surface area contributed by atoms with Crippen LogP contribution in [0.4, 0.5) is 0 Å². The first kappa shape index (κ1) is 19.4. The fourth-order valence-corrected chi connectivity index (χ4v) is 3.28. The van der Waals surface area contributed by atoms with Gasteiger partial charge in [-0.05, 0) is 19.8 Å². The van der Waals surface area contributed by atoms with Crippen molar-refractivity contribution in [1.29, 1.82) is 0 Å². The lowest BCUT2D eigenvalue weighted by molar-refractivity contribution is 0.165. The maximum absolute atomic E-state index is 2.53. The average molecular weight is 309 g/mol. The van der Waals surface area contributed by atoms with Gasteiger partial charge in [0.05, 0.1) is 6.17 Å². The van der Waals surface area contributed by atoms with Crippen molar-refractivity contribution >= 4 is 0 Å². The summed E-state index contributed by atoms with van der Waals surface area (Å²) in [5.74, 6) is 0. The van der Waals surface area contributed by atoms with E-state index in [2.05, 4.69) is 43.0 Å². The molecule has 0 aliphatic carbocycles. The van der Waals surface area contributed by atoms with E-state index in [9.17, 15) is 0 Å². The van der Waals surface area contributed by atoms with Gasteiger partial charge in [-0.3, -0.25) is 0 Å². The van der Waals surface area contributed by atoms with E-state index in [-0.39, 0.29) is 0 Å². The summed E-state index contributed by atoms with van der Waals surface area (Å²) in [6, 6.07) is 0. The molecule has 1 rings (SSSR count). The Morgan fingerprint density at radius 1 is 0.591 bits per heavy atom. The van der Waals surface area contributed by atoms with Crippen LogP contribution in [-0.2, 0) is 0 Å². The third-order valence-corrected chi connectivity index (χ3v) is 4.95. The third kappa shape index (κ3) is 8.10. The standard InChI is InChI=1S/C20H40N2/c1-4-6-8-10-11-13-15-17-22-19-18-21(20(22)3)16-14-12-9-7-5-2/h18-20H,4-17H2,1-3H3. The van der Waals surface area contributed by atoms with Crippen molar-refractivity contribution in [3.63, 3.8) is 0 Å². The molecule has 0 radical (unpaired) electrons. The molecule has 0 aromatic carbocycles. The Morgan fingerprint density at radius 2 is 0.955 bits per heavy atom. The summed E-state index contributed by atoms with van der Waals surface area (Å²) in [6.07, 6.45) is 21.9. The van der Waals surface area contributed by atoms with Gasteiger partial charge in [0.15, 0.2) is 0 Å². The second-order valence-electron chi connectivity index (χ2n) is 6.94. The van der Waals surface area contributed by atoms with Gasteiger partial charge in [-0.1, -0.05) is 78.1 Å². The second kappa shape index (κ2) is 12.8. The van der Waals surface area contributed by atoms with Crippen LogP contribution in [0.2, 0.25) is 0 Å². The summed E-state index contributed by atoms with van der Waals surface area (Å²) >= 11 is 0. The minimum Gasteiger partial charge on any atom is -0.356 e. The molecule has 1 atom stereocenters. The third-order valence-electron chi connectivity index (χ3n) is 4.95. The topological polar surface area (TPSA) is 6.48 Å². The molecule has 0 amide bonds. The van der Waals surface area contributed by atoms with Gasteiger partial charge in [0.1, 0.15) is 0 Å². The molecule has 0 fully saturated rings. The number of rotatable bonds is 14. The zero-order chi connectivity index (χ0) is 16.0. The van der Waals surface area contributed by atoms with E-state index in [1.54, 1.807) is 0 Å². The first-order chi connectivity index (χ1) is 10.8. The Kier molecular flexibility index (Phi) is 11.3. The van der Waals surface area contributed by atoms with E-state index < -0.39 is 0 Å². The number of hydrogen-bond acceptors (Lipinski definition) is 2. The van der Waals surface area contributed by atoms with Crippen molar-refractivity contribution in [2.45, 2.75) is 104 Å². The second-order valence-corrected chi connectivity index (χ2v) is 6.94. The van der Waals surface area contributed by atoms with Crippen LogP contribution >= 0.6 is 0 Å². The summed E-state index contributed by atoms with van der Waals surface area (Å²) in [5.41, 5.74) is 0. The highest BCUT2D eigenvalue weighted by Crippen LogP contribution is 2.18. The van der Waals surface area contributed by atoms with E-state index >= 15 is 0 Å². The number of hydrogen-bond donors (Lipinski definition) is 0. The van der Waals surface area contributed by atoms with Crippen molar-refractivity contribution in [2.75, 3.05) is 13.1 Å². The lowest BCUT2D eigenvalue weighted by Crippen LogP contribution is -2.36. The van der Waals surface area contributed by atoms with Gasteiger partial charge >= 0.3 is 0 Å². The summed E-state index contributed by atoms with van der Waals surface area (Å²) < 4.78 is 0. The normalized spacial score (nSPS) is 17.7.